The van der Waals surface area contributed by atoms with E-state index < -0.39 is 10.0 Å². The van der Waals surface area contributed by atoms with Gasteiger partial charge in [0.2, 0.25) is 10.0 Å². The fourth-order valence-corrected chi connectivity index (χ4v) is 4.14. The summed E-state index contributed by atoms with van der Waals surface area (Å²) in [5.41, 5.74) is 0.671. The van der Waals surface area contributed by atoms with Gasteiger partial charge in [0.25, 0.3) is 0 Å². The Labute approximate surface area is 154 Å². The van der Waals surface area contributed by atoms with Gasteiger partial charge in [0.15, 0.2) is 4.96 Å². The number of sulfonamides is 1. The first-order chi connectivity index (χ1) is 12.6. The third-order valence-electron chi connectivity index (χ3n) is 3.70. The van der Waals surface area contributed by atoms with E-state index in [-0.39, 0.29) is 11.4 Å². The van der Waals surface area contributed by atoms with Gasteiger partial charge in [-0.15, -0.1) is 11.3 Å². The second-order valence-electron chi connectivity index (χ2n) is 5.54. The highest BCUT2D eigenvalue weighted by Gasteiger charge is 2.15. The van der Waals surface area contributed by atoms with Crippen molar-refractivity contribution in [2.24, 2.45) is 0 Å². The molecule has 6 nitrogen and oxygen atoms in total. The summed E-state index contributed by atoms with van der Waals surface area (Å²) in [6, 6.07) is 15.6. The molecule has 0 amide bonds. The third-order valence-corrected chi connectivity index (χ3v) is 5.89. The number of thiazole rings is 1. The van der Waals surface area contributed by atoms with E-state index in [2.05, 4.69) is 9.71 Å². The molecule has 0 radical (unpaired) electrons. The van der Waals surface area contributed by atoms with Crippen molar-refractivity contribution in [3.8, 4) is 11.5 Å². The van der Waals surface area contributed by atoms with E-state index >= 15 is 0 Å². The van der Waals surface area contributed by atoms with Gasteiger partial charge in [0.05, 0.1) is 17.1 Å². The van der Waals surface area contributed by atoms with Crippen LogP contribution in [-0.4, -0.2) is 17.8 Å². The van der Waals surface area contributed by atoms with Gasteiger partial charge < -0.3 is 4.74 Å². The molecule has 4 aromatic rings. The number of nitrogens with one attached hydrogen (secondary N) is 1. The monoisotopic (exact) mass is 385 g/mol. The van der Waals surface area contributed by atoms with Crippen LogP contribution in [0.25, 0.3) is 4.96 Å². The smallest absolute Gasteiger partial charge is 0.240 e. The average molecular weight is 385 g/mol. The van der Waals surface area contributed by atoms with E-state index in [9.17, 15) is 8.42 Å². The van der Waals surface area contributed by atoms with Gasteiger partial charge in [-0.05, 0) is 36.4 Å². The van der Waals surface area contributed by atoms with Crippen molar-refractivity contribution >= 4 is 26.3 Å². The summed E-state index contributed by atoms with van der Waals surface area (Å²) < 4.78 is 35.0. The Bertz CT molecular complexity index is 1090. The molecular formula is C18H15N3O3S2. The Kier molecular flexibility index (Phi) is 4.46. The molecule has 0 bridgehead atoms. The Morgan fingerprint density at radius 2 is 1.77 bits per heavy atom. The van der Waals surface area contributed by atoms with Crippen LogP contribution < -0.4 is 9.46 Å². The van der Waals surface area contributed by atoms with Gasteiger partial charge in [0, 0.05) is 17.8 Å². The van der Waals surface area contributed by atoms with Crippen LogP contribution in [0.1, 0.15) is 5.69 Å². The zero-order valence-electron chi connectivity index (χ0n) is 13.6. The summed E-state index contributed by atoms with van der Waals surface area (Å²) in [5, 5.41) is 1.93. The van der Waals surface area contributed by atoms with E-state index in [1.807, 2.05) is 52.5 Å². The zero-order valence-corrected chi connectivity index (χ0v) is 15.2. The summed E-state index contributed by atoms with van der Waals surface area (Å²) in [6.07, 6.45) is 3.70. The second kappa shape index (κ2) is 6.91. The van der Waals surface area contributed by atoms with Crippen LogP contribution in [0.2, 0.25) is 0 Å². The lowest BCUT2D eigenvalue weighted by Gasteiger charge is -2.08. The van der Waals surface area contributed by atoms with Crippen LogP contribution in [0.15, 0.2) is 77.3 Å². The molecule has 0 spiro atoms. The lowest BCUT2D eigenvalue weighted by molar-refractivity contribution is 0.482. The molecule has 0 aliphatic heterocycles. The van der Waals surface area contributed by atoms with Crippen molar-refractivity contribution in [3.63, 3.8) is 0 Å². The number of nitrogens with zero attached hydrogens (tertiary/aromatic N) is 2. The fraction of sp³-hybridized carbons (Fsp3) is 0.0556. The molecule has 8 heteroatoms. The highest BCUT2D eigenvalue weighted by molar-refractivity contribution is 7.89. The molecule has 2 aromatic heterocycles. The first kappa shape index (κ1) is 16.8. The Morgan fingerprint density at radius 3 is 2.50 bits per heavy atom. The number of fused-ring (bicyclic) bond motifs is 1. The largest absolute Gasteiger partial charge is 0.457 e. The van der Waals surface area contributed by atoms with Gasteiger partial charge in [-0.2, -0.15) is 0 Å². The number of ether oxygens (including phenoxy) is 1. The van der Waals surface area contributed by atoms with Crippen molar-refractivity contribution in [2.45, 2.75) is 11.4 Å². The zero-order chi connectivity index (χ0) is 18.0. The van der Waals surface area contributed by atoms with Crippen molar-refractivity contribution in [1.29, 1.82) is 0 Å². The summed E-state index contributed by atoms with van der Waals surface area (Å²) >= 11 is 1.50. The van der Waals surface area contributed by atoms with Crippen LogP contribution in [0.4, 0.5) is 0 Å². The highest BCUT2D eigenvalue weighted by Crippen LogP contribution is 2.22. The maximum Gasteiger partial charge on any atom is 0.240 e. The minimum atomic E-state index is -3.62. The van der Waals surface area contributed by atoms with Crippen molar-refractivity contribution in [1.82, 2.24) is 14.1 Å². The number of benzene rings is 2. The molecule has 4 rings (SSSR count). The third kappa shape index (κ3) is 3.62. The Balaban J connectivity index is 1.44. The van der Waals surface area contributed by atoms with Gasteiger partial charge in [0.1, 0.15) is 11.5 Å². The van der Waals surface area contributed by atoms with Crippen LogP contribution in [0.5, 0.6) is 11.5 Å². The van der Waals surface area contributed by atoms with Crippen molar-refractivity contribution in [3.05, 3.63) is 78.1 Å². The predicted molar refractivity (Wildman–Crippen MR) is 100 cm³/mol. The molecule has 2 aromatic carbocycles. The van der Waals surface area contributed by atoms with Gasteiger partial charge in [-0.3, -0.25) is 4.40 Å². The summed E-state index contributed by atoms with van der Waals surface area (Å²) in [4.78, 5) is 5.38. The molecule has 0 aliphatic carbocycles. The van der Waals surface area contributed by atoms with Crippen LogP contribution in [0.3, 0.4) is 0 Å². The number of hydrogen-bond donors (Lipinski definition) is 1. The molecule has 0 unspecified atom stereocenters. The molecule has 26 heavy (non-hydrogen) atoms. The highest BCUT2D eigenvalue weighted by atomic mass is 32.2. The van der Waals surface area contributed by atoms with Crippen LogP contribution in [-0.2, 0) is 16.6 Å². The molecule has 0 saturated carbocycles. The lowest BCUT2D eigenvalue weighted by Crippen LogP contribution is -2.23. The molecular weight excluding hydrogens is 370 g/mol. The molecule has 0 saturated heterocycles. The summed E-state index contributed by atoms with van der Waals surface area (Å²) in [6.45, 7) is 0.138. The molecule has 0 aliphatic rings. The van der Waals surface area contributed by atoms with Crippen LogP contribution >= 0.6 is 11.3 Å². The molecule has 1 N–H and O–H groups in total. The van der Waals surface area contributed by atoms with Crippen LogP contribution in [0, 0.1) is 0 Å². The van der Waals surface area contributed by atoms with Gasteiger partial charge in [-0.1, -0.05) is 18.2 Å². The number of rotatable bonds is 6. The second-order valence-corrected chi connectivity index (χ2v) is 8.18. The predicted octanol–water partition coefficient (Wildman–Crippen LogP) is 3.67. The topological polar surface area (TPSA) is 72.7 Å². The lowest BCUT2D eigenvalue weighted by atomic mass is 10.3. The van der Waals surface area contributed by atoms with E-state index in [0.29, 0.717) is 17.2 Å². The normalized spacial score (nSPS) is 11.7. The van der Waals surface area contributed by atoms with E-state index in [1.54, 1.807) is 12.1 Å². The first-order valence-corrected chi connectivity index (χ1v) is 10.2. The molecule has 0 atom stereocenters. The maximum atomic E-state index is 12.4. The first-order valence-electron chi connectivity index (χ1n) is 7.84. The average Bonchev–Trinajstić information content (AvgIpc) is 3.23. The fourth-order valence-electron chi connectivity index (χ4n) is 2.42. The van der Waals surface area contributed by atoms with Crippen molar-refractivity contribution in [2.75, 3.05) is 0 Å². The minimum Gasteiger partial charge on any atom is -0.457 e. The van der Waals surface area contributed by atoms with Gasteiger partial charge >= 0.3 is 0 Å². The van der Waals surface area contributed by atoms with E-state index in [0.717, 1.165) is 4.96 Å². The van der Waals surface area contributed by atoms with E-state index in [4.69, 9.17) is 4.74 Å². The Hall–Kier alpha value is -2.68. The summed E-state index contributed by atoms with van der Waals surface area (Å²) in [5.74, 6) is 1.27. The minimum absolute atomic E-state index is 0.138. The maximum absolute atomic E-state index is 12.4. The Morgan fingerprint density at radius 1 is 1.04 bits per heavy atom. The molecule has 2 heterocycles. The number of aromatic nitrogens is 2. The summed E-state index contributed by atoms with van der Waals surface area (Å²) in [7, 11) is -3.62. The number of para-hydroxylation sites is 1. The number of hydrogen-bond acceptors (Lipinski definition) is 5. The SMILES string of the molecule is O=S(=O)(NCc1cn2ccsc2n1)c1ccc(Oc2ccccc2)cc1. The van der Waals surface area contributed by atoms with Gasteiger partial charge in [-0.25, -0.2) is 18.1 Å². The molecule has 0 fully saturated rings. The quantitative estimate of drug-likeness (QED) is 0.550. The standard InChI is InChI=1S/C18H15N3O3S2/c22-26(23,19-12-14-13-21-10-11-25-18(21)20-14)17-8-6-16(7-9-17)24-15-4-2-1-3-5-15/h1-11,13,19H,12H2. The number of imidazole rings is 1. The molecule has 132 valence electrons. The van der Waals surface area contributed by atoms with Crippen molar-refractivity contribution < 1.29 is 13.2 Å². The van der Waals surface area contributed by atoms with E-state index in [1.165, 1.54) is 23.5 Å².